The average molecular weight is 496 g/mol. The fraction of sp³-hybridized carbons (Fsp3) is 0.438. The van der Waals surface area contributed by atoms with Crippen LogP contribution in [-0.4, -0.2) is 35.3 Å². The molecule has 5 heteroatoms. The summed E-state index contributed by atoms with van der Waals surface area (Å²) < 4.78 is 0. The summed E-state index contributed by atoms with van der Waals surface area (Å²) in [4.78, 5) is 29.3. The van der Waals surface area contributed by atoms with E-state index in [1.54, 1.807) is 0 Å². The number of rotatable bonds is 5. The van der Waals surface area contributed by atoms with Gasteiger partial charge in [-0.2, -0.15) is 0 Å². The highest BCUT2D eigenvalue weighted by Crippen LogP contribution is 2.49. The molecule has 0 spiro atoms. The highest BCUT2D eigenvalue weighted by atomic mass is 16.2. The van der Waals surface area contributed by atoms with E-state index in [4.69, 9.17) is 0 Å². The lowest BCUT2D eigenvalue weighted by molar-refractivity contribution is -0.139. The zero-order chi connectivity index (χ0) is 25.2. The first-order chi connectivity index (χ1) is 18.2. The van der Waals surface area contributed by atoms with Crippen LogP contribution in [0.3, 0.4) is 0 Å². The summed E-state index contributed by atoms with van der Waals surface area (Å²) in [7, 11) is 0. The molecule has 1 unspecified atom stereocenters. The van der Waals surface area contributed by atoms with Crippen molar-refractivity contribution in [1.82, 2.24) is 10.2 Å². The van der Waals surface area contributed by atoms with Crippen molar-refractivity contribution < 1.29 is 9.59 Å². The minimum atomic E-state index is -0.148. The molecule has 6 atom stereocenters. The van der Waals surface area contributed by atoms with Gasteiger partial charge in [0.1, 0.15) is 0 Å². The molecule has 1 saturated carbocycles. The molecule has 2 aromatic carbocycles. The average Bonchev–Trinajstić information content (AvgIpc) is 3.39. The Morgan fingerprint density at radius 2 is 1.76 bits per heavy atom. The molecular formula is C32H37N3O2. The second-order valence-corrected chi connectivity index (χ2v) is 11.1. The van der Waals surface area contributed by atoms with E-state index in [1.165, 1.54) is 5.56 Å². The van der Waals surface area contributed by atoms with Gasteiger partial charge in [-0.25, -0.2) is 0 Å². The van der Waals surface area contributed by atoms with Crippen LogP contribution in [0.25, 0.3) is 0 Å². The van der Waals surface area contributed by atoms with Gasteiger partial charge >= 0.3 is 0 Å². The molecule has 2 heterocycles. The number of carbonyl (C=O) groups is 2. The number of para-hydroxylation sites is 1. The van der Waals surface area contributed by atoms with Crippen molar-refractivity contribution in [3.63, 3.8) is 0 Å². The number of hydrogen-bond donors (Lipinski definition) is 2. The third-order valence-electron chi connectivity index (χ3n) is 8.90. The highest BCUT2D eigenvalue weighted by molar-refractivity contribution is 5.83. The number of hydrogen-bond acceptors (Lipinski definition) is 3. The Morgan fingerprint density at radius 3 is 2.59 bits per heavy atom. The van der Waals surface area contributed by atoms with Gasteiger partial charge in [-0.3, -0.25) is 9.59 Å². The molecule has 4 aliphatic rings. The predicted molar refractivity (Wildman–Crippen MR) is 147 cm³/mol. The lowest BCUT2D eigenvalue weighted by Gasteiger charge is -2.44. The molecule has 192 valence electrons. The first kappa shape index (κ1) is 24.0. The van der Waals surface area contributed by atoms with E-state index < -0.39 is 0 Å². The molecule has 6 rings (SSSR count). The normalized spacial score (nSPS) is 30.2. The van der Waals surface area contributed by atoms with E-state index in [-0.39, 0.29) is 29.8 Å². The standard InChI is InChI=1S/C32H37N3O2/c36-29(21-22-11-3-1-4-12-22)33-28-18-10-8-16-25(28)32(37)35-20-19-26-30(23-13-5-2-6-14-23)34-27-17-9-7-15-24(27)31(26)35/h1-7,9,11-13,15,17,23,25-26,28,30-31,34H,8,10,14,16,18-21H2,(H,33,36)/t23?,25-,26+,28+,30-,31-/m0/s1. The van der Waals surface area contributed by atoms with Crippen LogP contribution in [0.5, 0.6) is 0 Å². The molecule has 2 N–H and O–H groups in total. The van der Waals surface area contributed by atoms with Gasteiger partial charge in [-0.1, -0.05) is 85.7 Å². The summed E-state index contributed by atoms with van der Waals surface area (Å²) in [6.45, 7) is 0.786. The lowest BCUT2D eigenvalue weighted by Crippen LogP contribution is -2.51. The molecule has 2 aliphatic carbocycles. The maximum Gasteiger partial charge on any atom is 0.228 e. The Hall–Kier alpha value is -3.34. The van der Waals surface area contributed by atoms with E-state index in [0.717, 1.165) is 56.3 Å². The molecule has 2 aromatic rings. The molecule has 1 saturated heterocycles. The van der Waals surface area contributed by atoms with Gasteiger partial charge in [0.25, 0.3) is 0 Å². The summed E-state index contributed by atoms with van der Waals surface area (Å²) in [6.07, 6.45) is 15.1. The van der Waals surface area contributed by atoms with E-state index in [2.05, 4.69) is 64.1 Å². The number of fused-ring (bicyclic) bond motifs is 3. The number of nitrogens with one attached hydrogen (secondary N) is 2. The maximum absolute atomic E-state index is 14.2. The summed E-state index contributed by atoms with van der Waals surface area (Å²) in [6, 6.07) is 18.7. The Labute approximate surface area is 220 Å². The monoisotopic (exact) mass is 495 g/mol. The molecule has 37 heavy (non-hydrogen) atoms. The van der Waals surface area contributed by atoms with Crippen molar-refractivity contribution in [2.45, 2.75) is 63.1 Å². The van der Waals surface area contributed by atoms with Gasteiger partial charge < -0.3 is 15.5 Å². The lowest BCUT2D eigenvalue weighted by atomic mass is 9.75. The van der Waals surface area contributed by atoms with Gasteiger partial charge in [0.2, 0.25) is 11.8 Å². The molecule has 2 fully saturated rings. The molecule has 0 bridgehead atoms. The summed E-state index contributed by atoms with van der Waals surface area (Å²) in [5, 5.41) is 7.11. The molecule has 2 amide bonds. The summed E-state index contributed by atoms with van der Waals surface area (Å²) in [5.41, 5.74) is 3.41. The second-order valence-electron chi connectivity index (χ2n) is 11.1. The van der Waals surface area contributed by atoms with Crippen LogP contribution in [0.15, 0.2) is 78.9 Å². The van der Waals surface area contributed by atoms with Gasteiger partial charge in [-0.05, 0) is 42.9 Å². The molecule has 2 aliphatic heterocycles. The zero-order valence-corrected chi connectivity index (χ0v) is 21.4. The second kappa shape index (κ2) is 10.6. The molecule has 0 aromatic heterocycles. The number of allylic oxidation sites excluding steroid dienone is 3. The van der Waals surface area contributed by atoms with Crippen LogP contribution >= 0.6 is 0 Å². The predicted octanol–water partition coefficient (Wildman–Crippen LogP) is 5.42. The van der Waals surface area contributed by atoms with E-state index in [9.17, 15) is 9.59 Å². The van der Waals surface area contributed by atoms with Gasteiger partial charge in [0.15, 0.2) is 0 Å². The van der Waals surface area contributed by atoms with E-state index in [1.807, 2.05) is 30.3 Å². The van der Waals surface area contributed by atoms with Crippen molar-refractivity contribution in [3.8, 4) is 0 Å². The van der Waals surface area contributed by atoms with Crippen molar-refractivity contribution in [3.05, 3.63) is 90.0 Å². The van der Waals surface area contributed by atoms with Crippen LogP contribution in [0.4, 0.5) is 5.69 Å². The third kappa shape index (κ3) is 4.84. The largest absolute Gasteiger partial charge is 0.381 e. The number of amides is 2. The van der Waals surface area contributed by atoms with Crippen molar-refractivity contribution in [1.29, 1.82) is 0 Å². The number of likely N-dealkylation sites (tertiary alicyclic amines) is 1. The Balaban J connectivity index is 1.22. The fourth-order valence-corrected chi connectivity index (χ4v) is 7.15. The number of carbonyl (C=O) groups excluding carboxylic acids is 2. The van der Waals surface area contributed by atoms with E-state index >= 15 is 0 Å². The minimum Gasteiger partial charge on any atom is -0.381 e. The molecule has 5 nitrogen and oxygen atoms in total. The van der Waals surface area contributed by atoms with Crippen molar-refractivity contribution >= 4 is 17.5 Å². The maximum atomic E-state index is 14.2. The quantitative estimate of drug-likeness (QED) is 0.582. The first-order valence-electron chi connectivity index (χ1n) is 14.0. The molecule has 0 radical (unpaired) electrons. The zero-order valence-electron chi connectivity index (χ0n) is 21.4. The smallest absolute Gasteiger partial charge is 0.228 e. The number of benzene rings is 2. The van der Waals surface area contributed by atoms with Crippen LogP contribution in [0.2, 0.25) is 0 Å². The topological polar surface area (TPSA) is 61.4 Å². The summed E-state index contributed by atoms with van der Waals surface area (Å²) >= 11 is 0. The van der Waals surface area contributed by atoms with Crippen LogP contribution < -0.4 is 10.6 Å². The summed E-state index contributed by atoms with van der Waals surface area (Å²) in [5.74, 6) is 0.909. The Morgan fingerprint density at radius 1 is 0.946 bits per heavy atom. The van der Waals surface area contributed by atoms with Crippen LogP contribution in [0, 0.1) is 17.8 Å². The van der Waals surface area contributed by atoms with E-state index in [0.29, 0.717) is 24.3 Å². The first-order valence-corrected chi connectivity index (χ1v) is 14.0. The number of nitrogens with zero attached hydrogens (tertiary/aromatic N) is 1. The van der Waals surface area contributed by atoms with Gasteiger partial charge in [0, 0.05) is 36.2 Å². The number of anilines is 1. The van der Waals surface area contributed by atoms with Gasteiger partial charge in [-0.15, -0.1) is 0 Å². The van der Waals surface area contributed by atoms with Crippen molar-refractivity contribution in [2.24, 2.45) is 17.8 Å². The van der Waals surface area contributed by atoms with Gasteiger partial charge in [0.05, 0.1) is 18.4 Å². The third-order valence-corrected chi connectivity index (χ3v) is 8.90. The molecular weight excluding hydrogens is 458 g/mol. The Bertz CT molecular complexity index is 1190. The highest BCUT2D eigenvalue weighted by Gasteiger charge is 2.49. The van der Waals surface area contributed by atoms with Crippen LogP contribution in [-0.2, 0) is 16.0 Å². The van der Waals surface area contributed by atoms with Crippen molar-refractivity contribution in [2.75, 3.05) is 11.9 Å². The SMILES string of the molecule is O=C(Cc1ccccc1)N[C@@H]1CCCC[C@@H]1C(=O)N1CC[C@@H]2[C@H](C3C=CC=CC3)Nc3ccccc3[C@@H]21. The minimum absolute atomic E-state index is 0.0135. The van der Waals surface area contributed by atoms with Crippen LogP contribution in [0.1, 0.15) is 55.7 Å². The fourth-order valence-electron chi connectivity index (χ4n) is 7.15. The Kier molecular flexibility index (Phi) is 6.86.